The van der Waals surface area contributed by atoms with Crippen LogP contribution < -0.4 is 0 Å². The van der Waals surface area contributed by atoms with E-state index in [0.717, 1.165) is 35.9 Å². The highest BCUT2D eigenvalue weighted by atomic mass is 32.2. The van der Waals surface area contributed by atoms with E-state index in [4.69, 9.17) is 22.1 Å². The van der Waals surface area contributed by atoms with Gasteiger partial charge < -0.3 is 14.4 Å². The quantitative estimate of drug-likeness (QED) is 0.612. The third-order valence-electron chi connectivity index (χ3n) is 4.70. The normalized spacial score (nSPS) is 21.7. The van der Waals surface area contributed by atoms with Crippen LogP contribution in [0.1, 0.15) is 18.4 Å². The molecule has 1 N–H and O–H groups in total. The van der Waals surface area contributed by atoms with E-state index in [-0.39, 0.29) is 18.6 Å². The van der Waals surface area contributed by atoms with Crippen LogP contribution in [-0.4, -0.2) is 50.0 Å². The van der Waals surface area contributed by atoms with Crippen molar-refractivity contribution in [2.24, 2.45) is 0 Å². The number of rotatable bonds is 5. The van der Waals surface area contributed by atoms with Crippen molar-refractivity contribution in [1.82, 2.24) is 9.47 Å². The van der Waals surface area contributed by atoms with Crippen LogP contribution in [0.5, 0.6) is 0 Å². The second-order valence-corrected chi connectivity index (χ2v) is 8.23. The molecule has 2 aliphatic heterocycles. The minimum atomic E-state index is -0.912. The Labute approximate surface area is 165 Å². The summed E-state index contributed by atoms with van der Waals surface area (Å²) in [6.45, 7) is 1.09. The van der Waals surface area contributed by atoms with Crippen LogP contribution >= 0.6 is 24.0 Å². The average molecular weight is 402 g/mol. The highest BCUT2D eigenvalue weighted by Gasteiger charge is 2.34. The number of para-hydroxylation sites is 1. The summed E-state index contributed by atoms with van der Waals surface area (Å²) in [6, 6.07) is 7.56. The van der Waals surface area contributed by atoms with Gasteiger partial charge in [-0.2, -0.15) is 0 Å². The van der Waals surface area contributed by atoms with Crippen molar-refractivity contribution in [2.45, 2.75) is 25.5 Å². The van der Waals surface area contributed by atoms with Gasteiger partial charge in [-0.25, -0.2) is 0 Å². The molecule has 2 fully saturated rings. The molecule has 0 spiro atoms. The van der Waals surface area contributed by atoms with Crippen molar-refractivity contribution in [3.63, 3.8) is 0 Å². The zero-order chi connectivity index (χ0) is 19.0. The fourth-order valence-corrected chi connectivity index (χ4v) is 4.72. The maximum atomic E-state index is 12.8. The largest absolute Gasteiger partial charge is 0.480 e. The molecule has 0 saturated carbocycles. The summed E-state index contributed by atoms with van der Waals surface area (Å²) in [5.41, 5.74) is 1.63. The Morgan fingerprint density at radius 1 is 1.41 bits per heavy atom. The number of carbonyl (C=O) groups excluding carboxylic acids is 1. The number of thioether (sulfide) groups is 1. The molecule has 3 heterocycles. The Bertz CT molecular complexity index is 960. The van der Waals surface area contributed by atoms with E-state index in [2.05, 4.69) is 0 Å². The Kier molecular flexibility index (Phi) is 5.03. The van der Waals surface area contributed by atoms with Gasteiger partial charge in [0.25, 0.3) is 5.91 Å². The van der Waals surface area contributed by atoms with Gasteiger partial charge in [-0.1, -0.05) is 42.2 Å². The molecule has 140 valence electrons. The van der Waals surface area contributed by atoms with Gasteiger partial charge in [0.05, 0.1) is 17.6 Å². The zero-order valence-electron chi connectivity index (χ0n) is 14.5. The standard InChI is InChI=1S/C19H18N2O4S2/c22-17(23)11-20-9-12(14-5-1-2-6-15(14)20)8-16-18(24)21(19(26)27-16)10-13-4-3-7-25-13/h1-2,5-6,8-9,13H,3-4,7,10-11H2,(H,22,23)/b16-8-. The predicted octanol–water partition coefficient (Wildman–Crippen LogP) is 3.11. The lowest BCUT2D eigenvalue weighted by Crippen LogP contribution is -2.35. The number of thiocarbonyl (C=S) groups is 1. The Hall–Kier alpha value is -2.16. The highest BCUT2D eigenvalue weighted by molar-refractivity contribution is 8.26. The number of carboxylic acid groups (broad SMARTS) is 1. The minimum absolute atomic E-state index is 0.0457. The van der Waals surface area contributed by atoms with Gasteiger partial charge in [0.15, 0.2) is 0 Å². The van der Waals surface area contributed by atoms with Crippen LogP contribution in [-0.2, 0) is 20.9 Å². The SMILES string of the molecule is O=C(O)Cn1cc(/C=C2\SC(=S)N(CC3CCCO3)C2=O)c2ccccc21. The third kappa shape index (κ3) is 3.65. The first-order valence-electron chi connectivity index (χ1n) is 8.69. The second kappa shape index (κ2) is 7.46. The van der Waals surface area contributed by atoms with Crippen LogP contribution in [0.4, 0.5) is 0 Å². The lowest BCUT2D eigenvalue weighted by molar-refractivity contribution is -0.137. The summed E-state index contributed by atoms with van der Waals surface area (Å²) in [6.07, 6.45) is 5.57. The fourth-order valence-electron chi connectivity index (χ4n) is 3.46. The molecule has 2 aliphatic rings. The number of nitrogens with zero attached hydrogens (tertiary/aromatic N) is 2. The number of hydrogen-bond acceptors (Lipinski definition) is 5. The Morgan fingerprint density at radius 3 is 2.96 bits per heavy atom. The van der Waals surface area contributed by atoms with Gasteiger partial charge in [0, 0.05) is 29.3 Å². The molecule has 8 heteroatoms. The van der Waals surface area contributed by atoms with Crippen molar-refractivity contribution >= 4 is 57.2 Å². The fraction of sp³-hybridized carbons (Fsp3) is 0.316. The maximum absolute atomic E-state index is 12.8. The Balaban J connectivity index is 1.64. The first kappa shape index (κ1) is 18.2. The smallest absolute Gasteiger partial charge is 0.323 e. The summed E-state index contributed by atoms with van der Waals surface area (Å²) >= 11 is 6.67. The molecule has 2 saturated heterocycles. The average Bonchev–Trinajstić information content (AvgIpc) is 3.32. The number of hydrogen-bond donors (Lipinski definition) is 1. The van der Waals surface area contributed by atoms with Crippen LogP contribution in [0, 0.1) is 0 Å². The molecule has 1 aromatic carbocycles. The van der Waals surface area contributed by atoms with Crippen molar-refractivity contribution < 1.29 is 19.4 Å². The first-order valence-corrected chi connectivity index (χ1v) is 9.92. The summed E-state index contributed by atoms with van der Waals surface area (Å²) in [4.78, 5) is 26.1. The van der Waals surface area contributed by atoms with E-state index >= 15 is 0 Å². The molecule has 4 rings (SSSR count). The molecular formula is C19H18N2O4S2. The molecule has 1 amide bonds. The van der Waals surface area contributed by atoms with Gasteiger partial charge in [0.1, 0.15) is 10.9 Å². The summed E-state index contributed by atoms with van der Waals surface area (Å²) in [7, 11) is 0. The summed E-state index contributed by atoms with van der Waals surface area (Å²) < 4.78 is 7.84. The number of amides is 1. The van der Waals surface area contributed by atoms with E-state index in [1.165, 1.54) is 11.8 Å². The predicted molar refractivity (Wildman–Crippen MR) is 108 cm³/mol. The van der Waals surface area contributed by atoms with Crippen LogP contribution in [0.3, 0.4) is 0 Å². The molecular weight excluding hydrogens is 384 g/mol. The van der Waals surface area contributed by atoms with E-state index < -0.39 is 5.97 Å². The molecule has 1 unspecified atom stereocenters. The second-order valence-electron chi connectivity index (χ2n) is 6.55. The van der Waals surface area contributed by atoms with Gasteiger partial charge in [0.2, 0.25) is 0 Å². The van der Waals surface area contributed by atoms with Gasteiger partial charge in [-0.3, -0.25) is 14.5 Å². The Morgan fingerprint density at radius 2 is 2.22 bits per heavy atom. The summed E-state index contributed by atoms with van der Waals surface area (Å²) in [5.74, 6) is -1.03. The molecule has 0 aliphatic carbocycles. The third-order valence-corrected chi connectivity index (χ3v) is 6.07. The van der Waals surface area contributed by atoms with E-state index in [9.17, 15) is 9.59 Å². The topological polar surface area (TPSA) is 71.8 Å². The summed E-state index contributed by atoms with van der Waals surface area (Å²) in [5, 5.41) is 10.0. The number of benzene rings is 1. The number of carboxylic acids is 1. The lowest BCUT2D eigenvalue weighted by atomic mass is 10.1. The van der Waals surface area contributed by atoms with Crippen molar-refractivity contribution in [3.8, 4) is 0 Å². The molecule has 2 aromatic rings. The van der Waals surface area contributed by atoms with Gasteiger partial charge in [-0.15, -0.1) is 0 Å². The molecule has 1 atom stereocenters. The van der Waals surface area contributed by atoms with Crippen LogP contribution in [0.15, 0.2) is 35.4 Å². The monoisotopic (exact) mass is 402 g/mol. The van der Waals surface area contributed by atoms with E-state index in [1.807, 2.05) is 24.3 Å². The number of aliphatic carboxylic acids is 1. The van der Waals surface area contributed by atoms with Crippen LogP contribution in [0.25, 0.3) is 17.0 Å². The molecule has 6 nitrogen and oxygen atoms in total. The lowest BCUT2D eigenvalue weighted by Gasteiger charge is -2.18. The maximum Gasteiger partial charge on any atom is 0.323 e. The van der Waals surface area contributed by atoms with Crippen LogP contribution in [0.2, 0.25) is 0 Å². The number of ether oxygens (including phenoxy) is 1. The van der Waals surface area contributed by atoms with E-state index in [1.54, 1.807) is 21.7 Å². The molecule has 27 heavy (non-hydrogen) atoms. The minimum Gasteiger partial charge on any atom is -0.480 e. The van der Waals surface area contributed by atoms with Gasteiger partial charge in [-0.05, 0) is 25.0 Å². The van der Waals surface area contributed by atoms with Gasteiger partial charge >= 0.3 is 5.97 Å². The van der Waals surface area contributed by atoms with Crippen molar-refractivity contribution in [1.29, 1.82) is 0 Å². The number of fused-ring (bicyclic) bond motifs is 1. The van der Waals surface area contributed by atoms with E-state index in [0.29, 0.717) is 15.8 Å². The highest BCUT2D eigenvalue weighted by Crippen LogP contribution is 2.35. The zero-order valence-corrected chi connectivity index (χ0v) is 16.1. The first-order chi connectivity index (χ1) is 13.0. The molecule has 0 bridgehead atoms. The van der Waals surface area contributed by atoms with Crippen molar-refractivity contribution in [3.05, 3.63) is 40.9 Å². The molecule has 1 aromatic heterocycles. The number of carbonyl (C=O) groups is 2. The molecule has 0 radical (unpaired) electrons. The van der Waals surface area contributed by atoms with Crippen molar-refractivity contribution in [2.75, 3.05) is 13.2 Å². The number of aromatic nitrogens is 1.